The molecule has 3 aromatic carbocycles. The van der Waals surface area contributed by atoms with E-state index in [0.29, 0.717) is 12.5 Å². The van der Waals surface area contributed by atoms with E-state index in [1.807, 2.05) is 6.07 Å². The summed E-state index contributed by atoms with van der Waals surface area (Å²) in [6.45, 7) is 7.77. The van der Waals surface area contributed by atoms with E-state index >= 15 is 0 Å². The summed E-state index contributed by atoms with van der Waals surface area (Å²) in [5, 5.41) is 12.8. The molecule has 1 fully saturated rings. The van der Waals surface area contributed by atoms with Gasteiger partial charge in [0.05, 0.1) is 6.61 Å². The predicted molar refractivity (Wildman–Crippen MR) is 127 cm³/mol. The van der Waals surface area contributed by atoms with Gasteiger partial charge < -0.3 is 9.53 Å². The highest BCUT2D eigenvalue weighted by Gasteiger charge is 2.57. The molecule has 0 aromatic heterocycles. The summed E-state index contributed by atoms with van der Waals surface area (Å²) in [6.07, 6.45) is 0.978. The Morgan fingerprint density at radius 3 is 1.73 bits per heavy atom. The summed E-state index contributed by atoms with van der Waals surface area (Å²) in [5.74, 6) is 0.339. The first-order valence-corrected chi connectivity index (χ1v) is 12.8. The van der Waals surface area contributed by atoms with Gasteiger partial charge >= 0.3 is 0 Å². The van der Waals surface area contributed by atoms with Crippen LogP contribution in [-0.2, 0) is 9.84 Å². The number of rotatable bonds is 7. The van der Waals surface area contributed by atoms with Crippen LogP contribution in [0.2, 0.25) is 5.04 Å². The van der Waals surface area contributed by atoms with Crippen molar-refractivity contribution < 1.29 is 9.53 Å². The van der Waals surface area contributed by atoms with Gasteiger partial charge in [-0.2, -0.15) is 0 Å². The van der Waals surface area contributed by atoms with Crippen molar-refractivity contribution in [1.29, 1.82) is 0 Å². The average Bonchev–Trinajstić information content (AvgIpc) is 3.50. The van der Waals surface area contributed by atoms with Crippen molar-refractivity contribution in [2.75, 3.05) is 13.2 Å². The molecule has 1 aliphatic rings. The molecule has 0 saturated heterocycles. The Hall–Kier alpha value is -2.20. The Balaban J connectivity index is 1.70. The fraction of sp³-hybridized carbons (Fsp3) is 0.333. The summed E-state index contributed by atoms with van der Waals surface area (Å²) in [5.41, 5.74) is 1.07. The standard InChI is InChI=1S/C27H32O2Si/c1-26(2,3)30(24-15-9-5-10-16-24,25-17-11-6-12-18-25)29-20-23-19-27(23,21-28)22-13-7-4-8-14-22/h4-18,23,28H,19-21H2,1-3H3/t23-,27+/m0/s1. The van der Waals surface area contributed by atoms with E-state index in [4.69, 9.17) is 4.43 Å². The van der Waals surface area contributed by atoms with Gasteiger partial charge in [0.2, 0.25) is 0 Å². The molecule has 2 nitrogen and oxygen atoms in total. The van der Waals surface area contributed by atoms with E-state index in [-0.39, 0.29) is 17.1 Å². The molecule has 0 heterocycles. The minimum absolute atomic E-state index is 0.0286. The molecule has 0 bridgehead atoms. The first-order valence-electron chi connectivity index (χ1n) is 10.9. The lowest BCUT2D eigenvalue weighted by atomic mass is 9.94. The molecule has 3 aromatic rings. The maximum Gasteiger partial charge on any atom is 0.261 e. The Kier molecular flexibility index (Phi) is 5.71. The second-order valence-corrected chi connectivity index (χ2v) is 13.9. The molecular weight excluding hydrogens is 384 g/mol. The third kappa shape index (κ3) is 3.56. The molecule has 0 aliphatic heterocycles. The van der Waals surface area contributed by atoms with Crippen molar-refractivity contribution in [3.63, 3.8) is 0 Å². The second-order valence-electron chi connectivity index (χ2n) is 9.56. The van der Waals surface area contributed by atoms with E-state index in [9.17, 15) is 5.11 Å². The molecule has 1 saturated carbocycles. The summed E-state index contributed by atoms with van der Waals surface area (Å²) in [4.78, 5) is 0. The third-order valence-corrected chi connectivity index (χ3v) is 11.8. The molecule has 0 unspecified atom stereocenters. The first-order chi connectivity index (χ1) is 14.4. The van der Waals surface area contributed by atoms with Gasteiger partial charge in [0.1, 0.15) is 0 Å². The van der Waals surface area contributed by atoms with Crippen molar-refractivity contribution in [2.24, 2.45) is 5.92 Å². The van der Waals surface area contributed by atoms with Crippen LogP contribution in [0.15, 0.2) is 91.0 Å². The van der Waals surface area contributed by atoms with Gasteiger partial charge in [-0.15, -0.1) is 0 Å². The molecule has 3 heteroatoms. The summed E-state index contributed by atoms with van der Waals surface area (Å²) in [7, 11) is -2.53. The first kappa shape index (κ1) is 21.0. The highest BCUT2D eigenvalue weighted by atomic mass is 28.4. The zero-order valence-electron chi connectivity index (χ0n) is 18.2. The second kappa shape index (κ2) is 8.14. The minimum Gasteiger partial charge on any atom is -0.407 e. The van der Waals surface area contributed by atoms with E-state index < -0.39 is 8.32 Å². The fourth-order valence-electron chi connectivity index (χ4n) is 4.99. The van der Waals surface area contributed by atoms with Gasteiger partial charge in [0.25, 0.3) is 8.32 Å². The van der Waals surface area contributed by atoms with Crippen LogP contribution in [-0.4, -0.2) is 26.6 Å². The number of aliphatic hydroxyl groups excluding tert-OH is 1. The van der Waals surface area contributed by atoms with E-state index in [2.05, 4.69) is 106 Å². The molecule has 0 spiro atoms. The van der Waals surface area contributed by atoms with E-state index in [0.717, 1.165) is 6.42 Å². The lowest BCUT2D eigenvalue weighted by Gasteiger charge is -2.43. The molecule has 0 amide bonds. The van der Waals surface area contributed by atoms with Crippen LogP contribution in [0.4, 0.5) is 0 Å². The lowest BCUT2D eigenvalue weighted by Crippen LogP contribution is -2.66. The smallest absolute Gasteiger partial charge is 0.261 e. The summed E-state index contributed by atoms with van der Waals surface area (Å²) < 4.78 is 7.10. The molecule has 30 heavy (non-hydrogen) atoms. The van der Waals surface area contributed by atoms with Crippen LogP contribution in [0.1, 0.15) is 32.8 Å². The number of hydrogen-bond acceptors (Lipinski definition) is 2. The zero-order chi connectivity index (χ0) is 21.2. The highest BCUT2D eigenvalue weighted by Crippen LogP contribution is 2.54. The number of hydrogen-bond donors (Lipinski definition) is 1. The topological polar surface area (TPSA) is 29.5 Å². The quantitative estimate of drug-likeness (QED) is 0.574. The summed E-state index contributed by atoms with van der Waals surface area (Å²) >= 11 is 0. The van der Waals surface area contributed by atoms with Crippen molar-refractivity contribution in [1.82, 2.24) is 0 Å². The van der Waals surface area contributed by atoms with Crippen LogP contribution in [0.3, 0.4) is 0 Å². The molecule has 0 radical (unpaired) electrons. The monoisotopic (exact) mass is 416 g/mol. The van der Waals surface area contributed by atoms with Crippen molar-refractivity contribution in [3.05, 3.63) is 96.6 Å². The minimum atomic E-state index is -2.53. The van der Waals surface area contributed by atoms with Crippen LogP contribution in [0, 0.1) is 5.92 Å². The SMILES string of the molecule is CC(C)(C)[Si](OC[C@@H]1C[C@@]1(CO)c1ccccc1)(c1ccccc1)c1ccccc1. The normalized spacial score (nSPS) is 21.4. The van der Waals surface area contributed by atoms with Gasteiger partial charge in [-0.05, 0) is 33.3 Å². The largest absolute Gasteiger partial charge is 0.407 e. The molecule has 4 rings (SSSR count). The summed E-state index contributed by atoms with van der Waals surface area (Å²) in [6, 6.07) is 32.0. The predicted octanol–water partition coefficient (Wildman–Crippen LogP) is 4.51. The molecule has 1 N–H and O–H groups in total. The maximum absolute atomic E-state index is 10.3. The maximum atomic E-state index is 10.3. The van der Waals surface area contributed by atoms with E-state index in [1.165, 1.54) is 15.9 Å². The van der Waals surface area contributed by atoms with Crippen LogP contribution in [0.5, 0.6) is 0 Å². The van der Waals surface area contributed by atoms with Gasteiger partial charge in [0, 0.05) is 12.0 Å². The molecular formula is C27H32O2Si. The van der Waals surface area contributed by atoms with Gasteiger partial charge in [-0.25, -0.2) is 0 Å². The van der Waals surface area contributed by atoms with Gasteiger partial charge in [0.15, 0.2) is 0 Å². The van der Waals surface area contributed by atoms with Gasteiger partial charge in [-0.3, -0.25) is 0 Å². The van der Waals surface area contributed by atoms with Crippen LogP contribution in [0.25, 0.3) is 0 Å². The van der Waals surface area contributed by atoms with E-state index in [1.54, 1.807) is 0 Å². The Morgan fingerprint density at radius 2 is 1.30 bits per heavy atom. The number of aliphatic hydroxyl groups is 1. The Bertz CT molecular complexity index is 911. The van der Waals surface area contributed by atoms with Gasteiger partial charge in [-0.1, -0.05) is 112 Å². The lowest BCUT2D eigenvalue weighted by molar-refractivity contribution is 0.217. The Labute approximate surface area is 181 Å². The Morgan fingerprint density at radius 1 is 0.833 bits per heavy atom. The molecule has 2 atom stereocenters. The third-order valence-electron chi connectivity index (χ3n) is 6.78. The van der Waals surface area contributed by atoms with Crippen LogP contribution < -0.4 is 10.4 Å². The van der Waals surface area contributed by atoms with Crippen molar-refractivity contribution in [3.8, 4) is 0 Å². The molecule has 1 aliphatic carbocycles. The van der Waals surface area contributed by atoms with Crippen LogP contribution >= 0.6 is 0 Å². The molecule has 156 valence electrons. The fourth-order valence-corrected chi connectivity index (χ4v) is 9.60. The highest BCUT2D eigenvalue weighted by molar-refractivity contribution is 6.99. The van der Waals surface area contributed by atoms with Crippen molar-refractivity contribution >= 4 is 18.7 Å². The zero-order valence-corrected chi connectivity index (χ0v) is 19.2. The average molecular weight is 417 g/mol. The van der Waals surface area contributed by atoms with Crippen molar-refractivity contribution in [2.45, 2.75) is 37.6 Å². The number of benzene rings is 3.